The molecule has 92 valence electrons. The van der Waals surface area contributed by atoms with Crippen molar-refractivity contribution in [3.8, 4) is 0 Å². The fourth-order valence-electron chi connectivity index (χ4n) is 1.01. The van der Waals surface area contributed by atoms with Crippen LogP contribution in [0.3, 0.4) is 0 Å². The molecule has 1 aromatic heterocycles. The largest absolute Gasteiger partial charge is 0.385 e. The van der Waals surface area contributed by atoms with E-state index in [1.54, 1.807) is 7.11 Å². The number of ether oxygens (including phenoxy) is 1. The van der Waals surface area contributed by atoms with Crippen molar-refractivity contribution in [2.24, 2.45) is 0 Å². The van der Waals surface area contributed by atoms with Gasteiger partial charge >= 0.3 is 0 Å². The van der Waals surface area contributed by atoms with Crippen molar-refractivity contribution < 1.29 is 13.2 Å². The Morgan fingerprint density at radius 3 is 2.69 bits per heavy atom. The second kappa shape index (κ2) is 5.53. The number of nitrogen functional groups attached to an aromatic ring is 1. The third-order valence-electron chi connectivity index (χ3n) is 1.87. The van der Waals surface area contributed by atoms with Gasteiger partial charge in [0.2, 0.25) is 9.47 Å². The topological polar surface area (TPSA) is 98.4 Å². The van der Waals surface area contributed by atoms with E-state index in [2.05, 4.69) is 10.2 Å². The fourth-order valence-corrected chi connectivity index (χ4v) is 3.19. The number of hydrogen-bond acceptors (Lipinski definition) is 7. The molecule has 0 saturated carbocycles. The van der Waals surface area contributed by atoms with E-state index in [1.807, 2.05) is 0 Å². The molecule has 0 aliphatic carbocycles. The number of anilines is 1. The van der Waals surface area contributed by atoms with Crippen LogP contribution in [0, 0.1) is 0 Å². The number of methoxy groups -OCH3 is 1. The second-order valence-electron chi connectivity index (χ2n) is 3.08. The summed E-state index contributed by atoms with van der Waals surface area (Å²) in [4.78, 5) is 0. The average Bonchev–Trinajstić information content (AvgIpc) is 2.65. The van der Waals surface area contributed by atoms with Gasteiger partial charge in [0, 0.05) is 27.3 Å². The van der Waals surface area contributed by atoms with E-state index in [9.17, 15) is 8.42 Å². The van der Waals surface area contributed by atoms with Gasteiger partial charge in [-0.2, -0.15) is 4.31 Å². The molecule has 1 aromatic rings. The van der Waals surface area contributed by atoms with Crippen LogP contribution in [0.4, 0.5) is 5.13 Å². The molecule has 0 unspecified atom stereocenters. The molecule has 9 heteroatoms. The van der Waals surface area contributed by atoms with Crippen molar-refractivity contribution in [1.29, 1.82) is 0 Å². The highest BCUT2D eigenvalue weighted by molar-refractivity contribution is 7.91. The molecule has 0 spiro atoms. The first kappa shape index (κ1) is 13.3. The Labute approximate surface area is 98.3 Å². The molecule has 0 fully saturated rings. The summed E-state index contributed by atoms with van der Waals surface area (Å²) >= 11 is 0.857. The van der Waals surface area contributed by atoms with Crippen LogP contribution in [0.1, 0.15) is 6.42 Å². The summed E-state index contributed by atoms with van der Waals surface area (Å²) in [5.74, 6) is 0. The van der Waals surface area contributed by atoms with Crippen molar-refractivity contribution in [3.63, 3.8) is 0 Å². The van der Waals surface area contributed by atoms with Crippen molar-refractivity contribution in [2.45, 2.75) is 10.8 Å². The Morgan fingerprint density at radius 1 is 1.50 bits per heavy atom. The number of nitrogens with two attached hydrogens (primary N) is 1. The molecule has 0 amide bonds. The molecule has 7 nitrogen and oxygen atoms in total. The summed E-state index contributed by atoms with van der Waals surface area (Å²) in [5.41, 5.74) is 5.34. The number of aromatic nitrogens is 2. The highest BCUT2D eigenvalue weighted by atomic mass is 32.2. The third kappa shape index (κ3) is 3.11. The van der Waals surface area contributed by atoms with Crippen LogP contribution in [-0.4, -0.2) is 50.2 Å². The van der Waals surface area contributed by atoms with E-state index in [1.165, 1.54) is 11.4 Å². The Morgan fingerprint density at radius 2 is 2.19 bits per heavy atom. The summed E-state index contributed by atoms with van der Waals surface area (Å²) in [6.45, 7) is 0.883. The first-order chi connectivity index (χ1) is 7.48. The van der Waals surface area contributed by atoms with E-state index in [0.29, 0.717) is 19.6 Å². The average molecular weight is 266 g/mol. The minimum atomic E-state index is -3.56. The Balaban J connectivity index is 2.70. The minimum Gasteiger partial charge on any atom is -0.385 e. The van der Waals surface area contributed by atoms with Crippen LogP contribution in [0.15, 0.2) is 4.34 Å². The van der Waals surface area contributed by atoms with Crippen LogP contribution in [-0.2, 0) is 14.8 Å². The normalized spacial score (nSPS) is 12.2. The van der Waals surface area contributed by atoms with Gasteiger partial charge in [0.1, 0.15) is 0 Å². The molecular weight excluding hydrogens is 252 g/mol. The first-order valence-electron chi connectivity index (χ1n) is 4.52. The molecule has 1 heterocycles. The predicted molar refractivity (Wildman–Crippen MR) is 60.6 cm³/mol. The van der Waals surface area contributed by atoms with E-state index >= 15 is 0 Å². The molecule has 0 atom stereocenters. The molecule has 1 rings (SSSR count). The van der Waals surface area contributed by atoms with Gasteiger partial charge in [0.05, 0.1) is 0 Å². The zero-order valence-corrected chi connectivity index (χ0v) is 10.7. The monoisotopic (exact) mass is 266 g/mol. The molecule has 0 bridgehead atoms. The summed E-state index contributed by atoms with van der Waals surface area (Å²) in [7, 11) is -0.498. The number of sulfonamides is 1. The maximum atomic E-state index is 11.9. The van der Waals surface area contributed by atoms with Crippen LogP contribution < -0.4 is 5.73 Å². The van der Waals surface area contributed by atoms with Crippen LogP contribution >= 0.6 is 11.3 Å². The quantitative estimate of drug-likeness (QED) is 0.715. The third-order valence-corrected chi connectivity index (χ3v) is 4.83. The maximum absolute atomic E-state index is 11.9. The summed E-state index contributed by atoms with van der Waals surface area (Å²) in [6.07, 6.45) is 0.626. The highest BCUT2D eigenvalue weighted by Gasteiger charge is 2.24. The van der Waals surface area contributed by atoms with Crippen LogP contribution in [0.25, 0.3) is 0 Å². The molecule has 0 radical (unpaired) electrons. The van der Waals surface area contributed by atoms with Crippen LogP contribution in [0.2, 0.25) is 0 Å². The van der Waals surface area contributed by atoms with Gasteiger partial charge in [-0.3, -0.25) is 0 Å². The first-order valence-corrected chi connectivity index (χ1v) is 6.78. The van der Waals surface area contributed by atoms with E-state index in [4.69, 9.17) is 10.5 Å². The lowest BCUT2D eigenvalue weighted by molar-refractivity contribution is 0.189. The Kier molecular flexibility index (Phi) is 4.59. The lowest BCUT2D eigenvalue weighted by Gasteiger charge is -2.14. The molecule has 2 N–H and O–H groups in total. The highest BCUT2D eigenvalue weighted by Crippen LogP contribution is 2.20. The van der Waals surface area contributed by atoms with Crippen LogP contribution in [0.5, 0.6) is 0 Å². The fraction of sp³-hybridized carbons (Fsp3) is 0.714. The molecule has 0 aliphatic rings. The molecule has 0 aliphatic heterocycles. The SMILES string of the molecule is COCCCN(C)S(=O)(=O)c1nnc(N)s1. The van der Waals surface area contributed by atoms with Crippen molar-refractivity contribution >= 4 is 26.5 Å². The second-order valence-corrected chi connectivity index (χ2v) is 6.31. The van der Waals surface area contributed by atoms with Gasteiger partial charge in [-0.1, -0.05) is 11.3 Å². The van der Waals surface area contributed by atoms with E-state index < -0.39 is 10.0 Å². The number of hydrogen-bond donors (Lipinski definition) is 1. The van der Waals surface area contributed by atoms with E-state index in [0.717, 1.165) is 11.3 Å². The van der Waals surface area contributed by atoms with Gasteiger partial charge in [-0.05, 0) is 6.42 Å². The number of rotatable bonds is 6. The zero-order chi connectivity index (χ0) is 12.2. The molecule has 0 saturated heterocycles. The molecule has 0 aromatic carbocycles. The minimum absolute atomic E-state index is 0.0788. The summed E-state index contributed by atoms with van der Waals surface area (Å²) in [5, 5.41) is 7.14. The van der Waals surface area contributed by atoms with Gasteiger partial charge in [0.15, 0.2) is 0 Å². The van der Waals surface area contributed by atoms with Crippen molar-refractivity contribution in [2.75, 3.05) is 33.0 Å². The van der Waals surface area contributed by atoms with Gasteiger partial charge in [0.25, 0.3) is 10.0 Å². The lowest BCUT2D eigenvalue weighted by atomic mass is 10.5. The van der Waals surface area contributed by atoms with Gasteiger partial charge in [-0.25, -0.2) is 8.42 Å². The smallest absolute Gasteiger partial charge is 0.272 e. The van der Waals surface area contributed by atoms with E-state index in [-0.39, 0.29) is 9.47 Å². The maximum Gasteiger partial charge on any atom is 0.272 e. The van der Waals surface area contributed by atoms with Crippen molar-refractivity contribution in [1.82, 2.24) is 14.5 Å². The Hall–Kier alpha value is -0.770. The summed E-state index contributed by atoms with van der Waals surface area (Å²) in [6, 6.07) is 0. The van der Waals surface area contributed by atoms with Crippen molar-refractivity contribution in [3.05, 3.63) is 0 Å². The predicted octanol–water partition coefficient (Wildman–Crippen LogP) is -0.223. The number of nitrogens with zero attached hydrogens (tertiary/aromatic N) is 3. The molecular formula is C7H14N4O3S2. The van der Waals surface area contributed by atoms with Gasteiger partial charge < -0.3 is 10.5 Å². The zero-order valence-electron chi connectivity index (χ0n) is 9.08. The standard InChI is InChI=1S/C7H14N4O3S2/c1-11(4-3-5-14-2)16(12,13)7-10-9-6(8)15-7/h3-5H2,1-2H3,(H2,8,9). The Bertz CT molecular complexity index is 431. The van der Waals surface area contributed by atoms with Gasteiger partial charge in [-0.15, -0.1) is 10.2 Å². The molecule has 16 heavy (non-hydrogen) atoms. The summed E-state index contributed by atoms with van der Waals surface area (Å²) < 4.78 is 29.7. The lowest BCUT2D eigenvalue weighted by Crippen LogP contribution is -2.28.